The van der Waals surface area contributed by atoms with E-state index in [-0.39, 0.29) is 0 Å². The van der Waals surface area contributed by atoms with E-state index < -0.39 is 17.2 Å². The van der Waals surface area contributed by atoms with Gasteiger partial charge < -0.3 is 5.32 Å². The molecule has 0 radical (unpaired) electrons. The Morgan fingerprint density at radius 1 is 1.18 bits per heavy atom. The van der Waals surface area contributed by atoms with Crippen molar-refractivity contribution < 1.29 is 9.59 Å². The highest BCUT2D eigenvalue weighted by Crippen LogP contribution is 2.38. The van der Waals surface area contributed by atoms with Crippen molar-refractivity contribution >= 4 is 46.8 Å². The predicted molar refractivity (Wildman–Crippen MR) is 89.3 cm³/mol. The first-order valence-electron chi connectivity index (χ1n) is 6.25. The van der Waals surface area contributed by atoms with Crippen LogP contribution in [-0.2, 0) is 4.79 Å². The fourth-order valence-corrected chi connectivity index (χ4v) is 4.20. The highest BCUT2D eigenvalue weighted by atomic mass is 32.2. The first kappa shape index (κ1) is 16.8. The molecule has 2 rings (SSSR count). The van der Waals surface area contributed by atoms with Crippen molar-refractivity contribution in [2.75, 3.05) is 13.3 Å². The van der Waals surface area contributed by atoms with Gasteiger partial charge in [-0.05, 0) is 11.8 Å². The Balaban J connectivity index is 2.21. The molecule has 116 valence electrons. The summed E-state index contributed by atoms with van der Waals surface area (Å²) in [6.07, 6.45) is 1.92. The standard InChI is InChI=1S/C13H14N4O2S3/c1-14-11(19)15-10(18)9(8-6-4-3-5-7-8)21-13-17-16-12(20-2)22-13/h3-7,9H,1-2H3,(H2,14,15,18,19)/t9-/m1/s1. The van der Waals surface area contributed by atoms with Gasteiger partial charge in [-0.3, -0.25) is 10.1 Å². The van der Waals surface area contributed by atoms with Crippen molar-refractivity contribution in [1.29, 1.82) is 0 Å². The van der Waals surface area contributed by atoms with Gasteiger partial charge in [-0.2, -0.15) is 0 Å². The molecule has 0 spiro atoms. The van der Waals surface area contributed by atoms with Crippen molar-refractivity contribution in [3.8, 4) is 0 Å². The van der Waals surface area contributed by atoms with E-state index in [9.17, 15) is 9.59 Å². The van der Waals surface area contributed by atoms with Crippen LogP contribution in [0.4, 0.5) is 4.79 Å². The first-order chi connectivity index (χ1) is 10.6. The van der Waals surface area contributed by atoms with E-state index in [1.807, 2.05) is 36.6 Å². The van der Waals surface area contributed by atoms with E-state index in [0.717, 1.165) is 9.90 Å². The van der Waals surface area contributed by atoms with Crippen LogP contribution >= 0.6 is 34.9 Å². The molecule has 2 N–H and O–H groups in total. The third-order valence-electron chi connectivity index (χ3n) is 2.59. The maximum atomic E-state index is 12.4. The van der Waals surface area contributed by atoms with Crippen molar-refractivity contribution in [3.05, 3.63) is 35.9 Å². The van der Waals surface area contributed by atoms with Crippen molar-refractivity contribution in [2.45, 2.75) is 13.9 Å². The van der Waals surface area contributed by atoms with Crippen molar-refractivity contribution in [3.63, 3.8) is 0 Å². The fraction of sp³-hybridized carbons (Fsp3) is 0.231. The Morgan fingerprint density at radius 3 is 2.45 bits per heavy atom. The van der Waals surface area contributed by atoms with Gasteiger partial charge in [0.25, 0.3) is 0 Å². The number of thioether (sulfide) groups is 2. The number of nitrogens with zero attached hydrogens (tertiary/aromatic N) is 2. The lowest BCUT2D eigenvalue weighted by atomic mass is 10.1. The minimum absolute atomic E-state index is 0.392. The number of urea groups is 1. The van der Waals surface area contributed by atoms with E-state index in [2.05, 4.69) is 20.8 Å². The third kappa shape index (κ3) is 4.46. The second-order valence-corrected chi connectivity index (χ2v) is 7.40. The fourth-order valence-electron chi connectivity index (χ4n) is 1.57. The molecule has 0 saturated heterocycles. The molecule has 0 unspecified atom stereocenters. The van der Waals surface area contributed by atoms with Gasteiger partial charge in [0, 0.05) is 7.05 Å². The van der Waals surface area contributed by atoms with E-state index in [1.165, 1.54) is 41.9 Å². The summed E-state index contributed by atoms with van der Waals surface area (Å²) in [5.74, 6) is -0.392. The van der Waals surface area contributed by atoms with Crippen molar-refractivity contribution in [1.82, 2.24) is 20.8 Å². The SMILES string of the molecule is CNC(=O)NC(=O)[C@H](Sc1nnc(SC)s1)c1ccccc1. The summed E-state index contributed by atoms with van der Waals surface area (Å²) in [6, 6.07) is 8.73. The van der Waals surface area contributed by atoms with Gasteiger partial charge >= 0.3 is 6.03 Å². The lowest BCUT2D eigenvalue weighted by Gasteiger charge is -2.14. The minimum atomic E-state index is -0.568. The van der Waals surface area contributed by atoms with Crippen LogP contribution in [0.25, 0.3) is 0 Å². The van der Waals surface area contributed by atoms with E-state index in [0.29, 0.717) is 4.34 Å². The maximum Gasteiger partial charge on any atom is 0.321 e. The number of rotatable bonds is 5. The van der Waals surface area contributed by atoms with Gasteiger partial charge in [-0.1, -0.05) is 65.2 Å². The molecule has 1 aromatic heterocycles. The molecule has 3 amide bonds. The van der Waals surface area contributed by atoms with Gasteiger partial charge in [-0.25, -0.2) is 4.79 Å². The molecular weight excluding hydrogens is 340 g/mol. The number of imide groups is 1. The highest BCUT2D eigenvalue weighted by Gasteiger charge is 2.25. The summed E-state index contributed by atoms with van der Waals surface area (Å²) in [5.41, 5.74) is 0.801. The van der Waals surface area contributed by atoms with Gasteiger partial charge in [0.15, 0.2) is 8.68 Å². The highest BCUT2D eigenvalue weighted by molar-refractivity contribution is 8.03. The van der Waals surface area contributed by atoms with Crippen LogP contribution in [0.1, 0.15) is 10.8 Å². The Morgan fingerprint density at radius 2 is 1.86 bits per heavy atom. The molecule has 0 aliphatic carbocycles. The van der Waals surface area contributed by atoms with Gasteiger partial charge in [0.1, 0.15) is 5.25 Å². The zero-order valence-corrected chi connectivity index (χ0v) is 14.3. The van der Waals surface area contributed by atoms with Crippen LogP contribution in [0.2, 0.25) is 0 Å². The second-order valence-electron chi connectivity index (χ2n) is 4.01. The summed E-state index contributed by atoms with van der Waals surface area (Å²) < 4.78 is 1.52. The Kier molecular flexibility index (Phi) is 6.22. The average Bonchev–Trinajstić information content (AvgIpc) is 3.01. The largest absolute Gasteiger partial charge is 0.341 e. The van der Waals surface area contributed by atoms with Crippen LogP contribution in [0.5, 0.6) is 0 Å². The van der Waals surface area contributed by atoms with E-state index in [4.69, 9.17) is 0 Å². The van der Waals surface area contributed by atoms with Gasteiger partial charge in [-0.15, -0.1) is 10.2 Å². The molecule has 0 aliphatic heterocycles. The summed E-state index contributed by atoms with van der Waals surface area (Å²) in [7, 11) is 1.46. The Hall–Kier alpha value is -1.58. The molecule has 2 aromatic rings. The molecule has 0 bridgehead atoms. The lowest BCUT2D eigenvalue weighted by Crippen LogP contribution is -2.39. The average molecular weight is 354 g/mol. The van der Waals surface area contributed by atoms with Gasteiger partial charge in [0.2, 0.25) is 5.91 Å². The van der Waals surface area contributed by atoms with Crippen LogP contribution in [0.15, 0.2) is 39.0 Å². The number of hydrogen-bond acceptors (Lipinski definition) is 7. The first-order valence-corrected chi connectivity index (χ1v) is 9.17. The Bertz CT molecular complexity index is 648. The molecule has 6 nitrogen and oxygen atoms in total. The molecule has 0 saturated carbocycles. The van der Waals surface area contributed by atoms with Crippen LogP contribution < -0.4 is 10.6 Å². The second kappa shape index (κ2) is 8.16. The summed E-state index contributed by atoms with van der Waals surface area (Å²) >= 11 is 4.20. The van der Waals surface area contributed by atoms with E-state index in [1.54, 1.807) is 0 Å². The molecule has 0 fully saturated rings. The van der Waals surface area contributed by atoms with Crippen LogP contribution in [0.3, 0.4) is 0 Å². The van der Waals surface area contributed by atoms with E-state index >= 15 is 0 Å². The van der Waals surface area contributed by atoms with Crippen LogP contribution in [-0.4, -0.2) is 35.4 Å². The number of benzene rings is 1. The van der Waals surface area contributed by atoms with Gasteiger partial charge in [0.05, 0.1) is 0 Å². The number of carbonyl (C=O) groups excluding carboxylic acids is 2. The molecule has 1 heterocycles. The minimum Gasteiger partial charge on any atom is -0.341 e. The summed E-state index contributed by atoms with van der Waals surface area (Å²) in [6.45, 7) is 0. The number of hydrogen-bond donors (Lipinski definition) is 2. The zero-order valence-electron chi connectivity index (χ0n) is 11.9. The maximum absolute atomic E-state index is 12.4. The molecule has 9 heteroatoms. The monoisotopic (exact) mass is 354 g/mol. The Labute approximate surface area is 140 Å². The van der Waals surface area contributed by atoms with Crippen molar-refractivity contribution in [2.24, 2.45) is 0 Å². The number of carbonyl (C=O) groups is 2. The molecule has 1 atom stereocenters. The third-order valence-corrected chi connectivity index (χ3v) is 5.82. The lowest BCUT2D eigenvalue weighted by molar-refractivity contribution is -0.119. The molecule has 22 heavy (non-hydrogen) atoms. The topological polar surface area (TPSA) is 84.0 Å². The molecule has 1 aromatic carbocycles. The number of aromatic nitrogens is 2. The smallest absolute Gasteiger partial charge is 0.321 e. The summed E-state index contributed by atoms with van der Waals surface area (Å²) in [5, 5.41) is 12.2. The molecule has 0 aliphatic rings. The normalized spacial score (nSPS) is 11.7. The predicted octanol–water partition coefficient (Wildman–Crippen LogP) is 2.55. The molecular formula is C13H14N4O2S3. The quantitative estimate of drug-likeness (QED) is 0.803. The van der Waals surface area contributed by atoms with Crippen LogP contribution in [0, 0.1) is 0 Å². The number of nitrogens with one attached hydrogen (secondary N) is 2. The number of amides is 3. The zero-order chi connectivity index (χ0) is 15.9. The summed E-state index contributed by atoms with van der Waals surface area (Å²) in [4.78, 5) is 23.7.